The van der Waals surface area contributed by atoms with Crippen molar-refractivity contribution in [3.8, 4) is 11.5 Å². The molecular formula is C19H34O4Si. The van der Waals surface area contributed by atoms with Crippen LogP contribution in [0.4, 0.5) is 0 Å². The summed E-state index contributed by atoms with van der Waals surface area (Å²) in [5.74, 6) is 1.40. The van der Waals surface area contributed by atoms with Crippen molar-refractivity contribution in [2.24, 2.45) is 0 Å². The smallest absolute Gasteiger partial charge is 0.200 e. The zero-order valence-electron chi connectivity index (χ0n) is 16.3. The van der Waals surface area contributed by atoms with E-state index in [2.05, 4.69) is 41.5 Å². The molecule has 0 aliphatic rings. The molecule has 0 aromatic heterocycles. The summed E-state index contributed by atoms with van der Waals surface area (Å²) in [5.41, 5.74) is 2.42. The van der Waals surface area contributed by atoms with Crippen LogP contribution in [0, 0.1) is 0 Å². The van der Waals surface area contributed by atoms with Crippen LogP contribution in [0.5, 0.6) is 11.5 Å². The first-order valence-corrected chi connectivity index (χ1v) is 11.0. The second-order valence-electron chi connectivity index (χ2n) is 7.15. The lowest BCUT2D eigenvalue weighted by Crippen LogP contribution is -2.48. The minimum atomic E-state index is -1.85. The molecule has 0 saturated carbocycles. The molecule has 1 N–H and O–H groups in total. The highest BCUT2D eigenvalue weighted by Gasteiger charge is 2.44. The summed E-state index contributed by atoms with van der Waals surface area (Å²) in [7, 11) is -0.242. The quantitative estimate of drug-likeness (QED) is 0.486. The fourth-order valence-corrected chi connectivity index (χ4v) is 9.25. The molecule has 1 aromatic carbocycles. The maximum absolute atomic E-state index is 9.48. The van der Waals surface area contributed by atoms with Crippen LogP contribution >= 0.6 is 0 Å². The second-order valence-corrected chi connectivity index (χ2v) is 12.6. The molecule has 0 spiro atoms. The highest BCUT2D eigenvalue weighted by Crippen LogP contribution is 2.42. The van der Waals surface area contributed by atoms with Crippen LogP contribution < -0.4 is 9.47 Å². The van der Waals surface area contributed by atoms with Gasteiger partial charge in [0.15, 0.2) is 8.32 Å². The van der Waals surface area contributed by atoms with E-state index in [-0.39, 0.29) is 6.61 Å². The zero-order chi connectivity index (χ0) is 18.3. The van der Waals surface area contributed by atoms with E-state index in [1.54, 1.807) is 13.2 Å². The maximum Gasteiger partial charge on any atom is 0.200 e. The molecule has 4 nitrogen and oxygen atoms in total. The fourth-order valence-electron chi connectivity index (χ4n) is 3.82. The van der Waals surface area contributed by atoms with Crippen molar-refractivity contribution in [1.29, 1.82) is 0 Å². The molecule has 24 heavy (non-hydrogen) atoms. The number of methoxy groups -OCH3 is 1. The summed E-state index contributed by atoms with van der Waals surface area (Å²) >= 11 is 0. The van der Waals surface area contributed by atoms with Crippen LogP contribution in [-0.4, -0.2) is 33.7 Å². The lowest BCUT2D eigenvalue weighted by Gasteiger charge is -2.42. The number of benzene rings is 1. The van der Waals surface area contributed by atoms with Crippen molar-refractivity contribution in [3.05, 3.63) is 23.8 Å². The molecule has 0 bridgehead atoms. The normalized spacial score (nSPS) is 12.3. The molecule has 0 atom stereocenters. The third-order valence-electron chi connectivity index (χ3n) is 4.84. The molecule has 0 fully saturated rings. The van der Waals surface area contributed by atoms with Gasteiger partial charge in [-0.05, 0) is 34.8 Å². The van der Waals surface area contributed by atoms with Gasteiger partial charge in [0.1, 0.15) is 18.1 Å². The summed E-state index contributed by atoms with van der Waals surface area (Å²) in [5, 5.41) is 9.48. The van der Waals surface area contributed by atoms with Crippen LogP contribution in [0.15, 0.2) is 18.2 Å². The van der Waals surface area contributed by atoms with E-state index >= 15 is 0 Å². The second kappa shape index (κ2) is 9.44. The molecule has 0 aliphatic heterocycles. The summed E-state index contributed by atoms with van der Waals surface area (Å²) < 4.78 is 17.5. The monoisotopic (exact) mass is 354 g/mol. The molecule has 1 aromatic rings. The lowest BCUT2D eigenvalue weighted by molar-refractivity contribution is 0.193. The maximum atomic E-state index is 9.48. The third-order valence-corrected chi connectivity index (χ3v) is 11.0. The Morgan fingerprint density at radius 2 is 1.54 bits per heavy atom. The Morgan fingerprint density at radius 3 is 2.00 bits per heavy atom. The first-order chi connectivity index (χ1) is 11.3. The van der Waals surface area contributed by atoms with Gasteiger partial charge in [-0.1, -0.05) is 41.5 Å². The van der Waals surface area contributed by atoms with Gasteiger partial charge < -0.3 is 19.0 Å². The number of aliphatic hydroxyl groups excluding tert-OH is 1. The van der Waals surface area contributed by atoms with E-state index in [4.69, 9.17) is 13.9 Å². The minimum absolute atomic E-state index is 0.0734. The van der Waals surface area contributed by atoms with Gasteiger partial charge in [-0.25, -0.2) is 0 Å². The third kappa shape index (κ3) is 4.74. The van der Waals surface area contributed by atoms with Crippen molar-refractivity contribution in [3.63, 3.8) is 0 Å². The fraction of sp³-hybridized carbons (Fsp3) is 0.684. The highest BCUT2D eigenvalue weighted by molar-refractivity contribution is 6.77. The number of rotatable bonds is 10. The van der Waals surface area contributed by atoms with Crippen molar-refractivity contribution < 1.29 is 19.0 Å². The van der Waals surface area contributed by atoms with Crippen LogP contribution in [0.1, 0.15) is 47.1 Å². The zero-order valence-corrected chi connectivity index (χ0v) is 17.3. The SMILES string of the molecule is COc1ccc(OCCO[Si](C(C)C)(C(C)C)C(C)C)c(CO)c1. The summed E-state index contributed by atoms with van der Waals surface area (Å²) in [6, 6.07) is 5.47. The van der Waals surface area contributed by atoms with E-state index in [0.29, 0.717) is 41.3 Å². The molecular weight excluding hydrogens is 320 g/mol. The van der Waals surface area contributed by atoms with Crippen molar-refractivity contribution >= 4 is 8.32 Å². The van der Waals surface area contributed by atoms with Crippen molar-refractivity contribution in [1.82, 2.24) is 0 Å². The van der Waals surface area contributed by atoms with Gasteiger partial charge in [0, 0.05) is 5.56 Å². The average molecular weight is 355 g/mol. The van der Waals surface area contributed by atoms with Gasteiger partial charge in [-0.3, -0.25) is 0 Å². The van der Waals surface area contributed by atoms with E-state index < -0.39 is 8.32 Å². The Balaban J connectivity index is 2.70. The largest absolute Gasteiger partial charge is 0.497 e. The first-order valence-electron chi connectivity index (χ1n) is 8.84. The molecule has 0 amide bonds. The number of aliphatic hydroxyl groups is 1. The van der Waals surface area contributed by atoms with Gasteiger partial charge in [-0.2, -0.15) is 0 Å². The lowest BCUT2D eigenvalue weighted by atomic mass is 10.2. The molecule has 138 valence electrons. The van der Waals surface area contributed by atoms with Crippen molar-refractivity contribution in [2.45, 2.75) is 64.8 Å². The molecule has 1 rings (SSSR count). The number of hydrogen-bond acceptors (Lipinski definition) is 4. The minimum Gasteiger partial charge on any atom is -0.497 e. The summed E-state index contributed by atoms with van der Waals surface area (Å²) in [6.45, 7) is 14.7. The Hall–Kier alpha value is -1.04. The Kier molecular flexibility index (Phi) is 8.26. The number of ether oxygens (including phenoxy) is 2. The molecule has 5 heteroatoms. The standard InChI is InChI=1S/C19H34O4Si/c1-14(2)24(15(3)4,16(5)6)23-11-10-22-19-9-8-18(21-7)12-17(19)13-20/h8-9,12,14-16,20H,10-11,13H2,1-7H3. The van der Waals surface area contributed by atoms with Gasteiger partial charge in [0.25, 0.3) is 0 Å². The summed E-state index contributed by atoms with van der Waals surface area (Å²) in [4.78, 5) is 0. The highest BCUT2D eigenvalue weighted by atomic mass is 28.4. The van der Waals surface area contributed by atoms with Crippen molar-refractivity contribution in [2.75, 3.05) is 20.3 Å². The van der Waals surface area contributed by atoms with Gasteiger partial charge in [0.05, 0.1) is 20.3 Å². The van der Waals surface area contributed by atoms with Gasteiger partial charge in [-0.15, -0.1) is 0 Å². The Labute approximate surface area is 148 Å². The first kappa shape index (κ1) is 21.0. The van der Waals surface area contributed by atoms with Crippen LogP contribution in [0.2, 0.25) is 16.6 Å². The average Bonchev–Trinajstić information content (AvgIpc) is 2.53. The van der Waals surface area contributed by atoms with Crippen LogP contribution in [-0.2, 0) is 11.0 Å². The molecule has 0 unspecified atom stereocenters. The van der Waals surface area contributed by atoms with Gasteiger partial charge in [0.2, 0.25) is 0 Å². The molecule has 0 radical (unpaired) electrons. The molecule has 0 saturated heterocycles. The predicted molar refractivity (Wildman–Crippen MR) is 101 cm³/mol. The van der Waals surface area contributed by atoms with Crippen LogP contribution in [0.3, 0.4) is 0 Å². The van der Waals surface area contributed by atoms with Gasteiger partial charge >= 0.3 is 0 Å². The van der Waals surface area contributed by atoms with E-state index in [1.165, 1.54) is 0 Å². The Morgan fingerprint density at radius 1 is 0.958 bits per heavy atom. The van der Waals surface area contributed by atoms with Crippen LogP contribution in [0.25, 0.3) is 0 Å². The molecule has 0 heterocycles. The van der Waals surface area contributed by atoms with E-state index in [1.807, 2.05) is 12.1 Å². The van der Waals surface area contributed by atoms with E-state index in [9.17, 15) is 5.11 Å². The summed E-state index contributed by atoms with van der Waals surface area (Å²) in [6.07, 6.45) is 0. The molecule has 0 aliphatic carbocycles. The van der Waals surface area contributed by atoms with E-state index in [0.717, 1.165) is 5.56 Å². The topological polar surface area (TPSA) is 47.9 Å². The Bertz CT molecular complexity index is 478. The number of hydrogen-bond donors (Lipinski definition) is 1. The predicted octanol–water partition coefficient (Wildman–Crippen LogP) is 4.76.